The van der Waals surface area contributed by atoms with Crippen LogP contribution in [0.1, 0.15) is 24.8 Å². The van der Waals surface area contributed by atoms with Crippen LogP contribution in [0.5, 0.6) is 11.5 Å². The quantitative estimate of drug-likeness (QED) is 0.903. The van der Waals surface area contributed by atoms with Gasteiger partial charge in [0.05, 0.1) is 17.7 Å². The highest BCUT2D eigenvalue weighted by Crippen LogP contribution is 2.38. The van der Waals surface area contributed by atoms with Gasteiger partial charge in [0, 0.05) is 13.0 Å². The molecular formula is C15H18BrNO4. The third-order valence-electron chi connectivity index (χ3n) is 3.90. The molecule has 0 bridgehead atoms. The third kappa shape index (κ3) is 3.16. The molecule has 0 unspecified atom stereocenters. The Hall–Kier alpha value is -1.27. The molecule has 2 aliphatic heterocycles. The van der Waals surface area contributed by atoms with Crippen LogP contribution in [-0.2, 0) is 11.3 Å². The Morgan fingerprint density at radius 3 is 2.95 bits per heavy atom. The molecule has 1 aromatic carbocycles. The Balaban J connectivity index is 1.81. The zero-order chi connectivity index (χ0) is 14.8. The molecule has 0 amide bonds. The summed E-state index contributed by atoms with van der Waals surface area (Å²) in [5.74, 6) is 0.747. The Morgan fingerprint density at radius 1 is 1.33 bits per heavy atom. The summed E-state index contributed by atoms with van der Waals surface area (Å²) in [6.07, 6.45) is 2.52. The van der Waals surface area contributed by atoms with Gasteiger partial charge in [-0.2, -0.15) is 0 Å². The van der Waals surface area contributed by atoms with Crippen molar-refractivity contribution in [3.8, 4) is 11.5 Å². The summed E-state index contributed by atoms with van der Waals surface area (Å²) in [5.41, 5.74) is 1.04. The lowest BCUT2D eigenvalue weighted by Gasteiger charge is -2.22. The SMILES string of the molecule is O=C(O)[C@@H]1CCCN1Cc1cc(Br)c2c(c1)OCCCO2. The van der Waals surface area contributed by atoms with Crippen LogP contribution >= 0.6 is 15.9 Å². The summed E-state index contributed by atoms with van der Waals surface area (Å²) in [6.45, 7) is 2.73. The molecule has 0 saturated carbocycles. The van der Waals surface area contributed by atoms with Crippen molar-refractivity contribution in [1.82, 2.24) is 4.90 Å². The molecule has 0 radical (unpaired) electrons. The summed E-state index contributed by atoms with van der Waals surface area (Å²) < 4.78 is 12.3. The fourth-order valence-electron chi connectivity index (χ4n) is 2.91. The molecule has 1 saturated heterocycles. The Bertz CT molecular complexity index is 549. The van der Waals surface area contributed by atoms with Gasteiger partial charge in [-0.25, -0.2) is 0 Å². The molecule has 1 N–H and O–H groups in total. The number of benzene rings is 1. The Kier molecular flexibility index (Phi) is 4.35. The number of nitrogens with zero attached hydrogens (tertiary/aromatic N) is 1. The van der Waals surface area contributed by atoms with Crippen LogP contribution in [0.15, 0.2) is 16.6 Å². The lowest BCUT2D eigenvalue weighted by Crippen LogP contribution is -2.35. The van der Waals surface area contributed by atoms with E-state index in [4.69, 9.17) is 9.47 Å². The predicted molar refractivity (Wildman–Crippen MR) is 80.8 cm³/mol. The van der Waals surface area contributed by atoms with E-state index in [1.807, 2.05) is 17.0 Å². The highest BCUT2D eigenvalue weighted by Gasteiger charge is 2.30. The maximum Gasteiger partial charge on any atom is 0.320 e. The summed E-state index contributed by atoms with van der Waals surface area (Å²) >= 11 is 3.52. The van der Waals surface area contributed by atoms with Crippen molar-refractivity contribution in [3.05, 3.63) is 22.2 Å². The number of rotatable bonds is 3. The van der Waals surface area contributed by atoms with E-state index in [2.05, 4.69) is 15.9 Å². The number of carboxylic acids is 1. The van der Waals surface area contributed by atoms with Gasteiger partial charge in [0.25, 0.3) is 0 Å². The van der Waals surface area contributed by atoms with Crippen molar-refractivity contribution < 1.29 is 19.4 Å². The van der Waals surface area contributed by atoms with Crippen molar-refractivity contribution in [1.29, 1.82) is 0 Å². The second kappa shape index (κ2) is 6.23. The predicted octanol–water partition coefficient (Wildman–Crippen LogP) is 2.66. The van der Waals surface area contributed by atoms with Gasteiger partial charge in [-0.1, -0.05) is 0 Å². The fraction of sp³-hybridized carbons (Fsp3) is 0.533. The molecule has 114 valence electrons. The highest BCUT2D eigenvalue weighted by atomic mass is 79.9. The van der Waals surface area contributed by atoms with E-state index in [9.17, 15) is 9.90 Å². The van der Waals surface area contributed by atoms with Crippen molar-refractivity contribution in [3.63, 3.8) is 0 Å². The first-order valence-corrected chi connectivity index (χ1v) is 7.99. The molecule has 21 heavy (non-hydrogen) atoms. The van der Waals surface area contributed by atoms with Gasteiger partial charge in [-0.15, -0.1) is 0 Å². The van der Waals surface area contributed by atoms with Crippen LogP contribution in [0, 0.1) is 0 Å². The monoisotopic (exact) mass is 355 g/mol. The second-order valence-corrected chi connectivity index (χ2v) is 6.28. The first-order valence-electron chi connectivity index (χ1n) is 7.20. The minimum atomic E-state index is -0.735. The van der Waals surface area contributed by atoms with Gasteiger partial charge in [0.2, 0.25) is 0 Å². The van der Waals surface area contributed by atoms with E-state index in [1.165, 1.54) is 0 Å². The van der Waals surface area contributed by atoms with E-state index in [0.29, 0.717) is 19.8 Å². The molecular weight excluding hydrogens is 338 g/mol. The van der Waals surface area contributed by atoms with Gasteiger partial charge >= 0.3 is 5.97 Å². The number of fused-ring (bicyclic) bond motifs is 1. The van der Waals surface area contributed by atoms with Gasteiger partial charge in [0.1, 0.15) is 6.04 Å². The van der Waals surface area contributed by atoms with E-state index in [-0.39, 0.29) is 6.04 Å². The maximum atomic E-state index is 11.3. The standard InChI is InChI=1S/C15H18BrNO4/c16-11-7-10(8-13-14(11)21-6-2-5-20-13)9-17-4-1-3-12(17)15(18)19/h7-8,12H,1-6,9H2,(H,18,19)/t12-/m0/s1. The van der Waals surface area contributed by atoms with E-state index in [1.54, 1.807) is 0 Å². The molecule has 2 heterocycles. The van der Waals surface area contributed by atoms with E-state index >= 15 is 0 Å². The van der Waals surface area contributed by atoms with Crippen molar-refractivity contribution in [2.75, 3.05) is 19.8 Å². The van der Waals surface area contributed by atoms with Gasteiger partial charge < -0.3 is 14.6 Å². The van der Waals surface area contributed by atoms with Crippen LogP contribution in [0.3, 0.4) is 0 Å². The summed E-state index contributed by atoms with van der Waals surface area (Å²) in [7, 11) is 0. The molecule has 5 nitrogen and oxygen atoms in total. The summed E-state index contributed by atoms with van der Waals surface area (Å²) in [4.78, 5) is 13.3. The largest absolute Gasteiger partial charge is 0.490 e. The van der Waals surface area contributed by atoms with Crippen LogP contribution in [0.25, 0.3) is 0 Å². The number of hydrogen-bond acceptors (Lipinski definition) is 4. The molecule has 6 heteroatoms. The highest BCUT2D eigenvalue weighted by molar-refractivity contribution is 9.10. The molecule has 3 rings (SSSR count). The van der Waals surface area contributed by atoms with Gasteiger partial charge in [-0.3, -0.25) is 9.69 Å². The summed E-state index contributed by atoms with van der Waals surface area (Å²) in [6, 6.07) is 3.58. The average molecular weight is 356 g/mol. The minimum absolute atomic E-state index is 0.375. The van der Waals surface area contributed by atoms with Gasteiger partial charge in [0.15, 0.2) is 11.5 Å². The van der Waals surface area contributed by atoms with E-state index < -0.39 is 5.97 Å². The topological polar surface area (TPSA) is 59.0 Å². The van der Waals surface area contributed by atoms with Crippen molar-refractivity contribution >= 4 is 21.9 Å². The van der Waals surface area contributed by atoms with Gasteiger partial charge in [-0.05, 0) is 53.0 Å². The number of halogens is 1. The first kappa shape index (κ1) is 14.7. The zero-order valence-electron chi connectivity index (χ0n) is 11.7. The first-order chi connectivity index (χ1) is 10.1. The Morgan fingerprint density at radius 2 is 2.14 bits per heavy atom. The van der Waals surface area contributed by atoms with Crippen LogP contribution in [0.4, 0.5) is 0 Å². The molecule has 1 aromatic rings. The number of carbonyl (C=O) groups is 1. The molecule has 2 aliphatic rings. The molecule has 1 fully saturated rings. The van der Waals surface area contributed by atoms with E-state index in [0.717, 1.165) is 47.3 Å². The minimum Gasteiger partial charge on any atom is -0.490 e. The number of carboxylic acid groups (broad SMARTS) is 1. The number of ether oxygens (including phenoxy) is 2. The zero-order valence-corrected chi connectivity index (χ0v) is 13.3. The average Bonchev–Trinajstić information content (AvgIpc) is 2.76. The molecule has 0 aromatic heterocycles. The normalized spacial score (nSPS) is 22.0. The Labute approximate surface area is 132 Å². The lowest BCUT2D eigenvalue weighted by molar-refractivity contribution is -0.142. The number of hydrogen-bond donors (Lipinski definition) is 1. The fourth-order valence-corrected chi connectivity index (χ4v) is 3.51. The lowest BCUT2D eigenvalue weighted by atomic mass is 10.1. The molecule has 1 atom stereocenters. The van der Waals surface area contributed by atoms with Crippen LogP contribution < -0.4 is 9.47 Å². The smallest absolute Gasteiger partial charge is 0.320 e. The number of likely N-dealkylation sites (tertiary alicyclic amines) is 1. The molecule has 0 aliphatic carbocycles. The van der Waals surface area contributed by atoms with Crippen molar-refractivity contribution in [2.45, 2.75) is 31.8 Å². The number of aliphatic carboxylic acids is 1. The van der Waals surface area contributed by atoms with Crippen molar-refractivity contribution in [2.24, 2.45) is 0 Å². The van der Waals surface area contributed by atoms with Crippen LogP contribution in [0.2, 0.25) is 0 Å². The summed E-state index contributed by atoms with van der Waals surface area (Å²) in [5, 5.41) is 9.25. The second-order valence-electron chi connectivity index (χ2n) is 5.42. The van der Waals surface area contributed by atoms with Crippen LogP contribution in [-0.4, -0.2) is 41.8 Å². The molecule has 0 spiro atoms. The third-order valence-corrected chi connectivity index (χ3v) is 4.49. The maximum absolute atomic E-state index is 11.3.